The number of allylic oxidation sites excluding steroid dienone is 2. The second-order valence-corrected chi connectivity index (χ2v) is 10.7. The first-order valence-electron chi connectivity index (χ1n) is 12.3. The van der Waals surface area contributed by atoms with Gasteiger partial charge in [0.2, 0.25) is 11.8 Å². The molecule has 0 spiro atoms. The van der Waals surface area contributed by atoms with Crippen LogP contribution >= 0.6 is 0 Å². The number of benzene rings is 2. The number of amides is 2. The molecule has 5 unspecified atom stereocenters. The predicted molar refractivity (Wildman–Crippen MR) is 134 cm³/mol. The zero-order chi connectivity index (χ0) is 25.1. The van der Waals surface area contributed by atoms with Crippen LogP contribution in [0.25, 0.3) is 11.1 Å². The number of likely N-dealkylation sites (tertiary alicyclic amines) is 1. The summed E-state index contributed by atoms with van der Waals surface area (Å²) in [6.07, 6.45) is -0.881. The Morgan fingerprint density at radius 3 is 1.66 bits per heavy atom. The third kappa shape index (κ3) is 3.20. The summed E-state index contributed by atoms with van der Waals surface area (Å²) in [5.41, 5.74) is 1.20. The van der Waals surface area contributed by atoms with Crippen molar-refractivity contribution in [1.82, 2.24) is 10.2 Å². The molecular formula is C29H32N2O4. The molecule has 3 aliphatic rings. The standard InChI is InChI=1S/C29H32N2O4/c1-17(2)30-15-20(32)16-31-25(33)23-24(26(31)34)29(4)22(19-13-9-6-10-14-19)21(28(23,3)27(29)35)18-11-7-5-8-12-18/h5-14,17,20,23-24,30,32H,15-16H2,1-4H3. The molecule has 6 nitrogen and oxygen atoms in total. The van der Waals surface area contributed by atoms with E-state index in [1.54, 1.807) is 0 Å². The number of nitrogens with one attached hydrogen (secondary N) is 1. The van der Waals surface area contributed by atoms with Crippen LogP contribution in [0.15, 0.2) is 60.7 Å². The molecule has 2 fully saturated rings. The minimum atomic E-state index is -1.13. The maximum absolute atomic E-state index is 14.2. The van der Waals surface area contributed by atoms with Gasteiger partial charge in [0.25, 0.3) is 0 Å². The topological polar surface area (TPSA) is 86.7 Å². The molecule has 182 valence electrons. The molecule has 35 heavy (non-hydrogen) atoms. The molecule has 2 aliphatic carbocycles. The van der Waals surface area contributed by atoms with Gasteiger partial charge >= 0.3 is 0 Å². The zero-order valence-electron chi connectivity index (χ0n) is 20.6. The van der Waals surface area contributed by atoms with E-state index in [4.69, 9.17) is 0 Å². The van der Waals surface area contributed by atoms with Crippen molar-refractivity contribution < 1.29 is 19.5 Å². The van der Waals surface area contributed by atoms with Crippen molar-refractivity contribution in [2.45, 2.75) is 39.8 Å². The van der Waals surface area contributed by atoms with Gasteiger partial charge in [-0.25, -0.2) is 0 Å². The number of Topliss-reactive ketones (excluding diaryl/α,β-unsaturated/α-hetero) is 1. The Kier molecular flexibility index (Phi) is 5.57. The number of rotatable bonds is 7. The minimum absolute atomic E-state index is 0.0684. The summed E-state index contributed by atoms with van der Waals surface area (Å²) in [5.74, 6) is -2.34. The van der Waals surface area contributed by atoms with E-state index in [-0.39, 0.29) is 36.7 Å². The Morgan fingerprint density at radius 2 is 1.26 bits per heavy atom. The first kappa shape index (κ1) is 23.6. The third-order valence-corrected chi connectivity index (χ3v) is 8.15. The van der Waals surface area contributed by atoms with Crippen LogP contribution < -0.4 is 5.32 Å². The number of β-amino-alcohol motifs (C(OH)–C–C–N with tert-alkyl or cyclic N) is 1. The van der Waals surface area contributed by atoms with E-state index in [2.05, 4.69) is 5.32 Å². The molecule has 1 saturated heterocycles. The Balaban J connectivity index is 1.64. The van der Waals surface area contributed by atoms with Crippen LogP contribution in [0.1, 0.15) is 38.8 Å². The lowest BCUT2D eigenvalue weighted by molar-refractivity contribution is -0.146. The summed E-state index contributed by atoms with van der Waals surface area (Å²) >= 11 is 0. The number of nitrogens with zero attached hydrogens (tertiary/aromatic N) is 1. The highest BCUT2D eigenvalue weighted by molar-refractivity contribution is 6.29. The van der Waals surface area contributed by atoms with E-state index in [0.717, 1.165) is 22.3 Å². The first-order valence-corrected chi connectivity index (χ1v) is 12.3. The summed E-state index contributed by atoms with van der Waals surface area (Å²) in [5, 5.41) is 13.7. The first-order chi connectivity index (χ1) is 16.6. The van der Waals surface area contributed by atoms with Gasteiger partial charge < -0.3 is 10.4 Å². The quantitative estimate of drug-likeness (QED) is 0.605. The second-order valence-electron chi connectivity index (χ2n) is 10.7. The number of hydrogen-bond donors (Lipinski definition) is 2. The highest BCUT2D eigenvalue weighted by Crippen LogP contribution is 2.73. The number of hydrogen-bond acceptors (Lipinski definition) is 5. The van der Waals surface area contributed by atoms with E-state index in [1.807, 2.05) is 88.4 Å². The molecule has 1 saturated carbocycles. The van der Waals surface area contributed by atoms with Crippen LogP contribution in [0, 0.1) is 22.7 Å². The fourth-order valence-electron chi connectivity index (χ4n) is 6.69. The van der Waals surface area contributed by atoms with Crippen LogP contribution in [0.5, 0.6) is 0 Å². The zero-order valence-corrected chi connectivity index (χ0v) is 20.6. The molecule has 6 heteroatoms. The van der Waals surface area contributed by atoms with E-state index >= 15 is 0 Å². The molecule has 0 aromatic heterocycles. The van der Waals surface area contributed by atoms with Crippen molar-refractivity contribution in [2.24, 2.45) is 22.7 Å². The second kappa shape index (κ2) is 8.25. The monoisotopic (exact) mass is 472 g/mol. The minimum Gasteiger partial charge on any atom is -0.390 e. The Labute approximate surface area is 206 Å². The van der Waals surface area contributed by atoms with Crippen molar-refractivity contribution in [3.05, 3.63) is 71.8 Å². The molecule has 5 atom stereocenters. The van der Waals surface area contributed by atoms with E-state index < -0.39 is 28.8 Å². The van der Waals surface area contributed by atoms with Crippen molar-refractivity contribution in [2.75, 3.05) is 13.1 Å². The van der Waals surface area contributed by atoms with Gasteiger partial charge in [-0.1, -0.05) is 74.5 Å². The molecular weight excluding hydrogens is 440 g/mol. The van der Waals surface area contributed by atoms with Crippen molar-refractivity contribution in [3.8, 4) is 0 Å². The molecule has 2 aromatic carbocycles. The number of imide groups is 1. The molecule has 2 bridgehead atoms. The number of aliphatic hydroxyl groups is 1. The van der Waals surface area contributed by atoms with Gasteiger partial charge in [0, 0.05) is 12.6 Å². The summed E-state index contributed by atoms with van der Waals surface area (Å²) < 4.78 is 0. The molecule has 5 rings (SSSR count). The van der Waals surface area contributed by atoms with Gasteiger partial charge in [0.1, 0.15) is 0 Å². The van der Waals surface area contributed by atoms with Crippen molar-refractivity contribution in [1.29, 1.82) is 0 Å². The lowest BCUT2D eigenvalue weighted by atomic mass is 9.63. The number of aliphatic hydroxyl groups excluding tert-OH is 1. The van der Waals surface area contributed by atoms with Crippen LogP contribution in [-0.4, -0.2) is 52.8 Å². The average molecular weight is 473 g/mol. The molecule has 0 radical (unpaired) electrons. The number of carbonyl (C=O) groups excluding carboxylic acids is 3. The van der Waals surface area contributed by atoms with Crippen LogP contribution in [0.2, 0.25) is 0 Å². The highest BCUT2D eigenvalue weighted by atomic mass is 16.3. The number of ketones is 1. The molecule has 1 aliphatic heterocycles. The lowest BCUT2D eigenvalue weighted by Crippen LogP contribution is -2.45. The molecule has 2 aromatic rings. The smallest absolute Gasteiger partial charge is 0.234 e. The lowest BCUT2D eigenvalue weighted by Gasteiger charge is -2.35. The van der Waals surface area contributed by atoms with Gasteiger partial charge in [-0.15, -0.1) is 0 Å². The normalized spacial score (nSPS) is 30.6. The van der Waals surface area contributed by atoms with Crippen molar-refractivity contribution >= 4 is 28.7 Å². The van der Waals surface area contributed by atoms with Gasteiger partial charge in [0.15, 0.2) is 5.78 Å². The molecule has 2 amide bonds. The fourth-order valence-corrected chi connectivity index (χ4v) is 6.69. The maximum Gasteiger partial charge on any atom is 0.234 e. The predicted octanol–water partition coefficient (Wildman–Crippen LogP) is 3.17. The van der Waals surface area contributed by atoms with E-state index in [0.29, 0.717) is 0 Å². The summed E-state index contributed by atoms with van der Waals surface area (Å²) in [4.78, 5) is 42.9. The van der Waals surface area contributed by atoms with Gasteiger partial charge in [-0.2, -0.15) is 0 Å². The Bertz CT molecular complexity index is 1140. The average Bonchev–Trinajstić information content (AvgIpc) is 3.28. The summed E-state index contributed by atoms with van der Waals surface area (Å²) in [6.45, 7) is 7.81. The number of carbonyl (C=O) groups is 3. The molecule has 2 N–H and O–H groups in total. The third-order valence-electron chi connectivity index (χ3n) is 8.15. The Morgan fingerprint density at radius 1 is 0.829 bits per heavy atom. The highest BCUT2D eigenvalue weighted by Gasteiger charge is 2.78. The maximum atomic E-state index is 14.2. The van der Waals surface area contributed by atoms with Crippen LogP contribution in [0.3, 0.4) is 0 Å². The van der Waals surface area contributed by atoms with E-state index in [1.165, 1.54) is 4.90 Å². The van der Waals surface area contributed by atoms with Crippen LogP contribution in [0.4, 0.5) is 0 Å². The summed E-state index contributed by atoms with van der Waals surface area (Å²) in [6, 6.07) is 19.6. The van der Waals surface area contributed by atoms with Crippen molar-refractivity contribution in [3.63, 3.8) is 0 Å². The van der Waals surface area contributed by atoms with Gasteiger partial charge in [-0.3, -0.25) is 19.3 Å². The Hall–Kier alpha value is -3.09. The SMILES string of the molecule is CC(C)NCC(O)CN1C(=O)C2C(C1=O)C1(C)C(=O)C2(C)C(c2ccccc2)=C1c1ccccc1. The summed E-state index contributed by atoms with van der Waals surface area (Å²) in [7, 11) is 0. The van der Waals surface area contributed by atoms with Crippen LogP contribution in [-0.2, 0) is 14.4 Å². The fraction of sp³-hybridized carbons (Fsp3) is 0.414. The van der Waals surface area contributed by atoms with E-state index in [9.17, 15) is 19.5 Å². The van der Waals surface area contributed by atoms with Gasteiger partial charge in [0.05, 0.1) is 35.3 Å². The number of fused-ring (bicyclic) bond motifs is 5. The molecule has 1 heterocycles. The van der Waals surface area contributed by atoms with Gasteiger partial charge in [-0.05, 0) is 36.1 Å². The largest absolute Gasteiger partial charge is 0.390 e.